The van der Waals surface area contributed by atoms with Gasteiger partial charge in [0.25, 0.3) is 0 Å². The summed E-state index contributed by atoms with van der Waals surface area (Å²) < 4.78 is 34.5. The summed E-state index contributed by atoms with van der Waals surface area (Å²) in [5.41, 5.74) is 9.26. The number of fused-ring (bicyclic) bond motifs is 1. The highest BCUT2D eigenvalue weighted by Gasteiger charge is 2.32. The van der Waals surface area contributed by atoms with Gasteiger partial charge < -0.3 is 15.3 Å². The molecule has 0 radical (unpaired) electrons. The number of oxazole rings is 1. The molecule has 0 bridgehead atoms. The van der Waals surface area contributed by atoms with Crippen LogP contribution in [0.15, 0.2) is 59.1 Å². The number of benzene rings is 1. The van der Waals surface area contributed by atoms with Gasteiger partial charge >= 0.3 is 6.11 Å². The summed E-state index contributed by atoms with van der Waals surface area (Å²) in [5, 5.41) is 23.3. The fourth-order valence-electron chi connectivity index (χ4n) is 4.01. The normalized spacial score (nSPS) is 11.6. The number of halogens is 2. The van der Waals surface area contributed by atoms with Crippen molar-refractivity contribution in [3.63, 3.8) is 0 Å². The molecular formula is C25H19F2N7O2. The number of pyridine rings is 1. The second-order valence-corrected chi connectivity index (χ2v) is 8.17. The van der Waals surface area contributed by atoms with Gasteiger partial charge in [-0.3, -0.25) is 4.98 Å². The monoisotopic (exact) mass is 487 g/mol. The first-order valence-electron chi connectivity index (χ1n) is 10.9. The first kappa shape index (κ1) is 23.1. The standard InChI is InChI=1S/C25H19F2N7O2/c1-14-31-19(12-25(26,27)35)23(36-14)22-21(16-6-4-5-15(9-16)13-28)32-24(29)20-11-18(33-34(20)22)10-17-7-2-3-8-30-17/h2-9,11,35H,10,12H2,1H3,(H2,29,32). The highest BCUT2D eigenvalue weighted by Crippen LogP contribution is 2.37. The summed E-state index contributed by atoms with van der Waals surface area (Å²) in [6.07, 6.45) is -3.04. The van der Waals surface area contributed by atoms with Crippen molar-refractivity contribution in [2.45, 2.75) is 25.9 Å². The van der Waals surface area contributed by atoms with Crippen molar-refractivity contribution in [2.24, 2.45) is 0 Å². The molecule has 180 valence electrons. The Hall–Kier alpha value is -4.69. The maximum Gasteiger partial charge on any atom is 0.359 e. The van der Waals surface area contributed by atoms with Crippen molar-refractivity contribution in [3.8, 4) is 28.8 Å². The Morgan fingerprint density at radius 1 is 1.14 bits per heavy atom. The van der Waals surface area contributed by atoms with E-state index >= 15 is 0 Å². The molecule has 0 saturated carbocycles. The molecule has 11 heteroatoms. The lowest BCUT2D eigenvalue weighted by Crippen LogP contribution is -2.19. The third kappa shape index (κ3) is 4.49. The fourth-order valence-corrected chi connectivity index (χ4v) is 4.01. The molecule has 0 aliphatic carbocycles. The lowest BCUT2D eigenvalue weighted by molar-refractivity contribution is -0.197. The van der Waals surface area contributed by atoms with E-state index in [1.54, 1.807) is 42.6 Å². The minimum absolute atomic E-state index is 0.0384. The van der Waals surface area contributed by atoms with E-state index in [2.05, 4.69) is 26.1 Å². The minimum Gasteiger partial charge on any atom is -0.439 e. The van der Waals surface area contributed by atoms with Crippen molar-refractivity contribution in [1.29, 1.82) is 5.26 Å². The van der Waals surface area contributed by atoms with Gasteiger partial charge in [0.2, 0.25) is 0 Å². The number of aliphatic hydroxyl groups is 1. The molecule has 9 nitrogen and oxygen atoms in total. The van der Waals surface area contributed by atoms with E-state index < -0.39 is 12.5 Å². The molecule has 0 atom stereocenters. The third-order valence-electron chi connectivity index (χ3n) is 5.44. The number of hydrogen-bond acceptors (Lipinski definition) is 8. The SMILES string of the molecule is Cc1nc(CC(O)(F)F)c(-c2c(-c3cccc(C#N)c3)nc(N)c3cc(Cc4ccccn4)nn23)o1. The van der Waals surface area contributed by atoms with Gasteiger partial charge in [0.05, 0.1) is 29.4 Å². The maximum absolute atomic E-state index is 13.6. The van der Waals surface area contributed by atoms with Crippen LogP contribution in [0, 0.1) is 18.3 Å². The molecule has 36 heavy (non-hydrogen) atoms. The average Bonchev–Trinajstić information content (AvgIpc) is 3.41. The first-order chi connectivity index (χ1) is 17.2. The zero-order valence-electron chi connectivity index (χ0n) is 19.0. The average molecular weight is 487 g/mol. The van der Waals surface area contributed by atoms with Crippen LogP contribution in [-0.4, -0.2) is 35.8 Å². The van der Waals surface area contributed by atoms with E-state index in [0.29, 0.717) is 28.8 Å². The summed E-state index contributed by atoms with van der Waals surface area (Å²) >= 11 is 0. The molecule has 0 aliphatic heterocycles. The number of nitrogens with zero attached hydrogens (tertiary/aromatic N) is 6. The van der Waals surface area contributed by atoms with Gasteiger partial charge in [0, 0.05) is 30.8 Å². The lowest BCUT2D eigenvalue weighted by atomic mass is 10.0. The van der Waals surface area contributed by atoms with Crippen LogP contribution >= 0.6 is 0 Å². The molecule has 5 rings (SSSR count). The van der Waals surface area contributed by atoms with Crippen LogP contribution in [0.4, 0.5) is 14.6 Å². The number of alkyl halides is 2. The third-order valence-corrected chi connectivity index (χ3v) is 5.44. The number of aryl methyl sites for hydroxylation is 1. The first-order valence-corrected chi connectivity index (χ1v) is 10.9. The number of aromatic nitrogens is 5. The van der Waals surface area contributed by atoms with Crippen molar-refractivity contribution in [3.05, 3.63) is 83.3 Å². The fraction of sp³-hybridized carbons (Fsp3) is 0.160. The van der Waals surface area contributed by atoms with E-state index in [-0.39, 0.29) is 34.6 Å². The molecule has 0 unspecified atom stereocenters. The predicted octanol–water partition coefficient (Wildman–Crippen LogP) is 3.93. The lowest BCUT2D eigenvalue weighted by Gasteiger charge is -2.13. The summed E-state index contributed by atoms with van der Waals surface area (Å²) in [6, 6.07) is 15.9. The van der Waals surface area contributed by atoms with Gasteiger partial charge in [-0.1, -0.05) is 18.2 Å². The molecule has 4 aromatic heterocycles. The Morgan fingerprint density at radius 2 is 1.97 bits per heavy atom. The molecule has 4 heterocycles. The summed E-state index contributed by atoms with van der Waals surface area (Å²) in [5.74, 6) is 0.219. The number of nitrogen functional groups attached to an aromatic ring is 1. The van der Waals surface area contributed by atoms with E-state index in [0.717, 1.165) is 5.69 Å². The highest BCUT2D eigenvalue weighted by atomic mass is 19.3. The van der Waals surface area contributed by atoms with Gasteiger partial charge in [0.15, 0.2) is 11.7 Å². The quantitative estimate of drug-likeness (QED) is 0.367. The Balaban J connectivity index is 1.79. The number of nitrogens with two attached hydrogens (primary N) is 1. The van der Waals surface area contributed by atoms with E-state index in [4.69, 9.17) is 10.2 Å². The van der Waals surface area contributed by atoms with Gasteiger partial charge in [-0.2, -0.15) is 19.1 Å². The maximum atomic E-state index is 13.6. The number of rotatable bonds is 6. The van der Waals surface area contributed by atoms with Gasteiger partial charge in [-0.05, 0) is 30.3 Å². The van der Waals surface area contributed by atoms with Crippen LogP contribution in [0.2, 0.25) is 0 Å². The minimum atomic E-state index is -4.02. The van der Waals surface area contributed by atoms with Crippen molar-refractivity contribution in [1.82, 2.24) is 24.6 Å². The zero-order valence-corrected chi connectivity index (χ0v) is 19.0. The predicted molar refractivity (Wildman–Crippen MR) is 126 cm³/mol. The second kappa shape index (κ2) is 8.83. The zero-order chi connectivity index (χ0) is 25.4. The Labute approximate surface area is 203 Å². The molecule has 0 spiro atoms. The second-order valence-electron chi connectivity index (χ2n) is 8.17. The highest BCUT2D eigenvalue weighted by molar-refractivity contribution is 5.83. The number of hydrogen-bond donors (Lipinski definition) is 2. The summed E-state index contributed by atoms with van der Waals surface area (Å²) in [6.45, 7) is 1.51. The summed E-state index contributed by atoms with van der Waals surface area (Å²) in [7, 11) is 0. The molecule has 0 fully saturated rings. The molecule has 3 N–H and O–H groups in total. The van der Waals surface area contributed by atoms with Gasteiger partial charge in [-0.15, -0.1) is 0 Å². The van der Waals surface area contributed by atoms with Crippen molar-refractivity contribution >= 4 is 11.3 Å². The molecule has 0 amide bonds. The van der Waals surface area contributed by atoms with Crippen LogP contribution in [0.5, 0.6) is 0 Å². The van der Waals surface area contributed by atoms with E-state index in [1.165, 1.54) is 11.4 Å². The molecular weight excluding hydrogens is 468 g/mol. The van der Waals surface area contributed by atoms with E-state index in [9.17, 15) is 19.1 Å². The summed E-state index contributed by atoms with van der Waals surface area (Å²) in [4.78, 5) is 12.9. The Kier molecular flexibility index (Phi) is 5.66. The van der Waals surface area contributed by atoms with Crippen LogP contribution in [0.3, 0.4) is 0 Å². The van der Waals surface area contributed by atoms with Gasteiger partial charge in [0.1, 0.15) is 22.7 Å². The number of anilines is 1. The van der Waals surface area contributed by atoms with Crippen molar-refractivity contribution < 1.29 is 18.3 Å². The van der Waals surface area contributed by atoms with Crippen LogP contribution in [0.25, 0.3) is 28.2 Å². The molecule has 5 aromatic rings. The van der Waals surface area contributed by atoms with Crippen molar-refractivity contribution in [2.75, 3.05) is 5.73 Å². The van der Waals surface area contributed by atoms with Gasteiger partial charge in [-0.25, -0.2) is 14.5 Å². The Morgan fingerprint density at radius 3 is 2.69 bits per heavy atom. The molecule has 1 aromatic carbocycles. The largest absolute Gasteiger partial charge is 0.439 e. The van der Waals surface area contributed by atoms with Crippen LogP contribution < -0.4 is 5.73 Å². The molecule has 0 aliphatic rings. The van der Waals surface area contributed by atoms with Crippen LogP contribution in [-0.2, 0) is 12.8 Å². The smallest absolute Gasteiger partial charge is 0.359 e. The van der Waals surface area contributed by atoms with Crippen LogP contribution in [0.1, 0.15) is 28.5 Å². The Bertz CT molecular complexity index is 1620. The molecule has 0 saturated heterocycles. The van der Waals surface area contributed by atoms with E-state index in [1.807, 2.05) is 12.1 Å². The number of nitriles is 1. The topological polar surface area (TPSA) is 139 Å².